The van der Waals surface area contributed by atoms with Crippen LogP contribution in [0, 0.1) is 0 Å². The molecule has 5 heteroatoms. The van der Waals surface area contributed by atoms with Crippen molar-refractivity contribution in [3.05, 3.63) is 59.9 Å². The summed E-state index contributed by atoms with van der Waals surface area (Å²) in [7, 11) is 3.34. The highest BCUT2D eigenvalue weighted by atomic mass is 32.2. The molecule has 0 atom stereocenters. The number of esters is 1. The summed E-state index contributed by atoms with van der Waals surface area (Å²) >= 11 is 1.69. The molecule has 3 aromatic rings. The molecule has 0 N–H and O–H groups in total. The number of ether oxygens (including phenoxy) is 1. The van der Waals surface area contributed by atoms with Crippen molar-refractivity contribution in [1.82, 2.24) is 9.55 Å². The summed E-state index contributed by atoms with van der Waals surface area (Å²) in [5.41, 5.74) is 3.42. The Bertz CT molecular complexity index is 812. The molecule has 0 radical (unpaired) electrons. The maximum Gasteiger partial charge on any atom is 0.338 e. The van der Waals surface area contributed by atoms with Crippen molar-refractivity contribution >= 4 is 28.8 Å². The van der Waals surface area contributed by atoms with Crippen LogP contribution in [0.4, 0.5) is 0 Å². The lowest BCUT2D eigenvalue weighted by Crippen LogP contribution is -2.06. The quantitative estimate of drug-likeness (QED) is 0.545. The van der Waals surface area contributed by atoms with Gasteiger partial charge in [0, 0.05) is 23.3 Å². The van der Waals surface area contributed by atoms with E-state index in [-0.39, 0.29) is 5.97 Å². The first-order valence-corrected chi connectivity index (χ1v) is 7.88. The van der Waals surface area contributed by atoms with E-state index in [0.717, 1.165) is 21.5 Å². The lowest BCUT2D eigenvalue weighted by molar-refractivity contribution is 0.0600. The number of rotatable bonds is 4. The third-order valence-corrected chi connectivity index (χ3v) is 4.55. The molecule has 0 unspecified atom stereocenters. The van der Waals surface area contributed by atoms with E-state index in [1.807, 2.05) is 35.9 Å². The summed E-state index contributed by atoms with van der Waals surface area (Å²) in [4.78, 5) is 17.6. The van der Waals surface area contributed by atoms with E-state index in [1.54, 1.807) is 24.2 Å². The smallest absolute Gasteiger partial charge is 0.338 e. The first kappa shape index (κ1) is 14.7. The highest BCUT2D eigenvalue weighted by Gasteiger charge is 2.17. The number of benzene rings is 2. The van der Waals surface area contributed by atoms with Crippen molar-refractivity contribution in [3.8, 4) is 0 Å². The first-order valence-electron chi connectivity index (χ1n) is 6.90. The third kappa shape index (κ3) is 2.72. The Labute approximate surface area is 133 Å². The Kier molecular flexibility index (Phi) is 4.15. The number of nitrogens with zero attached hydrogens (tertiary/aromatic N) is 2. The second-order valence-electron chi connectivity index (χ2n) is 4.91. The van der Waals surface area contributed by atoms with Gasteiger partial charge in [0.25, 0.3) is 0 Å². The summed E-state index contributed by atoms with van der Waals surface area (Å²) in [6.45, 7) is 0. The molecule has 2 aromatic carbocycles. The van der Waals surface area contributed by atoms with Crippen LogP contribution >= 0.6 is 11.8 Å². The normalized spacial score (nSPS) is 10.8. The molecule has 0 fully saturated rings. The molecular formula is C17H16N2O2S. The predicted molar refractivity (Wildman–Crippen MR) is 88.1 cm³/mol. The van der Waals surface area contributed by atoms with Crippen molar-refractivity contribution in [2.75, 3.05) is 7.11 Å². The van der Waals surface area contributed by atoms with Gasteiger partial charge in [-0.2, -0.15) is 0 Å². The van der Waals surface area contributed by atoms with Crippen LogP contribution in [0.25, 0.3) is 11.0 Å². The van der Waals surface area contributed by atoms with E-state index in [2.05, 4.69) is 17.1 Å². The molecule has 1 heterocycles. The highest BCUT2D eigenvalue weighted by Crippen LogP contribution is 2.29. The van der Waals surface area contributed by atoms with Gasteiger partial charge in [0.1, 0.15) is 0 Å². The topological polar surface area (TPSA) is 44.1 Å². The van der Waals surface area contributed by atoms with Gasteiger partial charge in [0.2, 0.25) is 0 Å². The first-order chi connectivity index (χ1) is 10.7. The van der Waals surface area contributed by atoms with Gasteiger partial charge in [0.05, 0.1) is 30.0 Å². The van der Waals surface area contributed by atoms with E-state index in [0.29, 0.717) is 11.3 Å². The molecule has 0 saturated heterocycles. The monoisotopic (exact) mass is 312 g/mol. The van der Waals surface area contributed by atoms with Gasteiger partial charge in [-0.05, 0) is 24.3 Å². The minimum Gasteiger partial charge on any atom is -0.465 e. The third-order valence-electron chi connectivity index (χ3n) is 3.52. The van der Waals surface area contributed by atoms with E-state index in [4.69, 9.17) is 4.74 Å². The number of aryl methyl sites for hydroxylation is 1. The van der Waals surface area contributed by atoms with E-state index in [9.17, 15) is 4.79 Å². The van der Waals surface area contributed by atoms with Crippen LogP contribution in [0.15, 0.2) is 53.7 Å². The van der Waals surface area contributed by atoms with Crippen molar-refractivity contribution < 1.29 is 9.53 Å². The molecule has 112 valence electrons. The van der Waals surface area contributed by atoms with Gasteiger partial charge in [-0.15, -0.1) is 11.8 Å². The molecule has 1 aromatic heterocycles. The Morgan fingerprint density at radius 3 is 2.73 bits per heavy atom. The van der Waals surface area contributed by atoms with Crippen LogP contribution in [-0.4, -0.2) is 22.6 Å². The number of carbonyl (C=O) groups is 1. The van der Waals surface area contributed by atoms with E-state index >= 15 is 0 Å². The zero-order chi connectivity index (χ0) is 15.5. The molecule has 22 heavy (non-hydrogen) atoms. The summed E-state index contributed by atoms with van der Waals surface area (Å²) in [6.07, 6.45) is 1.77. The fourth-order valence-corrected chi connectivity index (χ4v) is 3.40. The van der Waals surface area contributed by atoms with Crippen molar-refractivity contribution in [1.29, 1.82) is 0 Å². The minimum atomic E-state index is -0.313. The highest BCUT2D eigenvalue weighted by molar-refractivity contribution is 7.98. The van der Waals surface area contributed by atoms with Gasteiger partial charge >= 0.3 is 5.97 Å². The molecule has 0 aliphatic rings. The molecule has 0 spiro atoms. The standard InChI is InChI=1S/C17H16N2O2S/c1-19-11-18-15-9-8-13(17(20)21-2)14(16(15)19)10-22-12-6-4-3-5-7-12/h3-9,11H,10H2,1-2H3. The Morgan fingerprint density at radius 1 is 1.23 bits per heavy atom. The van der Waals surface area contributed by atoms with Crippen LogP contribution in [-0.2, 0) is 17.5 Å². The number of imidazole rings is 1. The van der Waals surface area contributed by atoms with E-state index < -0.39 is 0 Å². The maximum absolute atomic E-state index is 12.1. The largest absolute Gasteiger partial charge is 0.465 e. The predicted octanol–water partition coefficient (Wildman–Crippen LogP) is 3.65. The molecule has 0 saturated carbocycles. The number of hydrogen-bond acceptors (Lipinski definition) is 4. The van der Waals surface area contributed by atoms with Gasteiger partial charge in [-0.1, -0.05) is 18.2 Å². The number of hydrogen-bond donors (Lipinski definition) is 0. The molecule has 0 amide bonds. The Morgan fingerprint density at radius 2 is 2.00 bits per heavy atom. The van der Waals surface area contributed by atoms with Crippen LogP contribution < -0.4 is 0 Å². The molecule has 0 aliphatic carbocycles. The van der Waals surface area contributed by atoms with Gasteiger partial charge in [0.15, 0.2) is 0 Å². The molecular weight excluding hydrogens is 296 g/mol. The zero-order valence-electron chi connectivity index (χ0n) is 12.4. The average Bonchev–Trinajstić information content (AvgIpc) is 2.94. The molecule has 0 aliphatic heterocycles. The van der Waals surface area contributed by atoms with Crippen molar-refractivity contribution in [3.63, 3.8) is 0 Å². The molecule has 0 bridgehead atoms. The average molecular weight is 312 g/mol. The summed E-state index contributed by atoms with van der Waals surface area (Å²) in [6, 6.07) is 13.8. The second-order valence-corrected chi connectivity index (χ2v) is 5.96. The second kappa shape index (κ2) is 6.23. The minimum absolute atomic E-state index is 0.313. The lowest BCUT2D eigenvalue weighted by Gasteiger charge is -2.10. The fourth-order valence-electron chi connectivity index (χ4n) is 2.45. The van der Waals surface area contributed by atoms with Gasteiger partial charge in [-0.25, -0.2) is 9.78 Å². The lowest BCUT2D eigenvalue weighted by atomic mass is 10.1. The van der Waals surface area contributed by atoms with Crippen LogP contribution in [0.1, 0.15) is 15.9 Å². The van der Waals surface area contributed by atoms with Gasteiger partial charge < -0.3 is 9.30 Å². The summed E-state index contributed by atoms with van der Waals surface area (Å²) in [5, 5.41) is 0. The number of fused-ring (bicyclic) bond motifs is 1. The zero-order valence-corrected chi connectivity index (χ0v) is 13.3. The van der Waals surface area contributed by atoms with E-state index in [1.165, 1.54) is 7.11 Å². The van der Waals surface area contributed by atoms with Crippen molar-refractivity contribution in [2.45, 2.75) is 10.6 Å². The molecule has 4 nitrogen and oxygen atoms in total. The summed E-state index contributed by atoms with van der Waals surface area (Å²) in [5.74, 6) is 0.373. The number of carbonyl (C=O) groups excluding carboxylic acids is 1. The number of thioether (sulfide) groups is 1. The van der Waals surface area contributed by atoms with Crippen LogP contribution in [0.3, 0.4) is 0 Å². The van der Waals surface area contributed by atoms with Gasteiger partial charge in [-0.3, -0.25) is 0 Å². The Balaban J connectivity index is 2.04. The maximum atomic E-state index is 12.1. The van der Waals surface area contributed by atoms with Crippen LogP contribution in [0.2, 0.25) is 0 Å². The van der Waals surface area contributed by atoms with Crippen molar-refractivity contribution in [2.24, 2.45) is 7.05 Å². The number of aromatic nitrogens is 2. The molecule has 3 rings (SSSR count). The number of methoxy groups -OCH3 is 1. The summed E-state index contributed by atoms with van der Waals surface area (Å²) < 4.78 is 6.86. The van der Waals surface area contributed by atoms with Crippen LogP contribution in [0.5, 0.6) is 0 Å². The SMILES string of the molecule is COC(=O)c1ccc2ncn(C)c2c1CSc1ccccc1. The fraction of sp³-hybridized carbons (Fsp3) is 0.176. The Hall–Kier alpha value is -2.27.